The van der Waals surface area contributed by atoms with Gasteiger partial charge < -0.3 is 5.32 Å². The molecule has 1 aromatic heterocycles. The van der Waals surface area contributed by atoms with E-state index in [0.717, 1.165) is 24.3 Å². The van der Waals surface area contributed by atoms with E-state index in [1.165, 1.54) is 42.0 Å². The Balaban J connectivity index is 1.76. The van der Waals surface area contributed by atoms with Gasteiger partial charge in [0.05, 0.1) is 0 Å². The van der Waals surface area contributed by atoms with Crippen LogP contribution in [0.2, 0.25) is 0 Å². The molecule has 4 unspecified atom stereocenters. The second-order valence-corrected chi connectivity index (χ2v) is 6.82. The third kappa shape index (κ3) is 2.26. The Labute approximate surface area is 127 Å². The average molecular weight is 280 g/mol. The standard InChI is InChI=1S/C19H24N2/c1-2-21-19(18-11-13-6-7-14(18)10-13)17-5-3-4-15-12-20-9-8-16(15)17/h3-5,8-9,12-14,18-19,21H,2,6-7,10-11H2,1H3. The Kier molecular flexibility index (Phi) is 3.42. The predicted molar refractivity (Wildman–Crippen MR) is 87.1 cm³/mol. The van der Waals surface area contributed by atoms with E-state index in [1.807, 2.05) is 12.4 Å². The maximum Gasteiger partial charge on any atom is 0.0357 e. The Hall–Kier alpha value is -1.41. The zero-order valence-corrected chi connectivity index (χ0v) is 12.8. The quantitative estimate of drug-likeness (QED) is 0.902. The summed E-state index contributed by atoms with van der Waals surface area (Å²) in [5.74, 6) is 2.76. The third-order valence-electron chi connectivity index (χ3n) is 5.69. The summed E-state index contributed by atoms with van der Waals surface area (Å²) >= 11 is 0. The van der Waals surface area contributed by atoms with Crippen molar-refractivity contribution in [1.82, 2.24) is 10.3 Å². The molecule has 2 aliphatic rings. The molecule has 1 N–H and O–H groups in total. The summed E-state index contributed by atoms with van der Waals surface area (Å²) in [6.45, 7) is 3.27. The first kappa shape index (κ1) is 13.3. The minimum Gasteiger partial charge on any atom is -0.310 e. The van der Waals surface area contributed by atoms with Crippen LogP contribution in [0.15, 0.2) is 36.7 Å². The highest BCUT2D eigenvalue weighted by Gasteiger charge is 2.43. The Morgan fingerprint density at radius 3 is 2.95 bits per heavy atom. The van der Waals surface area contributed by atoms with Gasteiger partial charge in [0, 0.05) is 23.8 Å². The molecule has 1 heterocycles. The van der Waals surface area contributed by atoms with Gasteiger partial charge in [-0.1, -0.05) is 31.5 Å². The molecule has 2 nitrogen and oxygen atoms in total. The van der Waals surface area contributed by atoms with Gasteiger partial charge in [0.15, 0.2) is 0 Å². The van der Waals surface area contributed by atoms with Gasteiger partial charge in [-0.15, -0.1) is 0 Å². The van der Waals surface area contributed by atoms with Crippen LogP contribution in [-0.4, -0.2) is 11.5 Å². The zero-order valence-electron chi connectivity index (χ0n) is 12.8. The fraction of sp³-hybridized carbons (Fsp3) is 0.526. The Morgan fingerprint density at radius 1 is 1.24 bits per heavy atom. The van der Waals surface area contributed by atoms with Crippen molar-refractivity contribution in [3.8, 4) is 0 Å². The van der Waals surface area contributed by atoms with Crippen molar-refractivity contribution in [2.45, 2.75) is 38.6 Å². The number of fused-ring (bicyclic) bond motifs is 3. The van der Waals surface area contributed by atoms with Gasteiger partial charge >= 0.3 is 0 Å². The van der Waals surface area contributed by atoms with Gasteiger partial charge in [0.2, 0.25) is 0 Å². The maximum atomic E-state index is 4.27. The van der Waals surface area contributed by atoms with E-state index in [-0.39, 0.29) is 0 Å². The molecule has 2 heteroatoms. The van der Waals surface area contributed by atoms with Crippen LogP contribution in [0.3, 0.4) is 0 Å². The number of aromatic nitrogens is 1. The van der Waals surface area contributed by atoms with Gasteiger partial charge in [0.1, 0.15) is 0 Å². The molecule has 4 rings (SSSR count). The molecule has 0 amide bonds. The van der Waals surface area contributed by atoms with Gasteiger partial charge in [-0.2, -0.15) is 0 Å². The molecular weight excluding hydrogens is 256 g/mol. The van der Waals surface area contributed by atoms with Crippen molar-refractivity contribution in [2.24, 2.45) is 17.8 Å². The minimum absolute atomic E-state index is 0.511. The number of benzene rings is 1. The molecule has 0 spiro atoms. The number of hydrogen-bond donors (Lipinski definition) is 1. The number of nitrogens with zero attached hydrogens (tertiary/aromatic N) is 1. The Bertz CT molecular complexity index is 631. The molecule has 21 heavy (non-hydrogen) atoms. The van der Waals surface area contributed by atoms with E-state index in [2.05, 4.69) is 41.5 Å². The van der Waals surface area contributed by atoms with E-state index in [0.29, 0.717) is 6.04 Å². The molecule has 110 valence electrons. The zero-order chi connectivity index (χ0) is 14.2. The number of nitrogens with one attached hydrogen (secondary N) is 1. The lowest BCUT2D eigenvalue weighted by atomic mass is 9.79. The summed E-state index contributed by atoms with van der Waals surface area (Å²) in [7, 11) is 0. The summed E-state index contributed by atoms with van der Waals surface area (Å²) in [6.07, 6.45) is 9.73. The van der Waals surface area contributed by atoms with Crippen molar-refractivity contribution in [1.29, 1.82) is 0 Å². The van der Waals surface area contributed by atoms with E-state index in [1.54, 1.807) is 0 Å². The van der Waals surface area contributed by atoms with Crippen molar-refractivity contribution in [3.05, 3.63) is 42.2 Å². The monoisotopic (exact) mass is 280 g/mol. The van der Waals surface area contributed by atoms with Crippen LogP contribution >= 0.6 is 0 Å². The maximum absolute atomic E-state index is 4.27. The van der Waals surface area contributed by atoms with Crippen molar-refractivity contribution >= 4 is 10.8 Å². The van der Waals surface area contributed by atoms with Crippen LogP contribution in [0, 0.1) is 17.8 Å². The number of hydrogen-bond acceptors (Lipinski definition) is 2. The number of rotatable bonds is 4. The van der Waals surface area contributed by atoms with Gasteiger partial charge in [-0.05, 0) is 60.6 Å². The molecular formula is C19H24N2. The largest absolute Gasteiger partial charge is 0.310 e. The molecule has 0 radical (unpaired) electrons. The molecule has 2 aliphatic carbocycles. The first-order valence-electron chi connectivity index (χ1n) is 8.43. The van der Waals surface area contributed by atoms with E-state index in [4.69, 9.17) is 0 Å². The SMILES string of the molecule is CCNC(c1cccc2cnccc12)C1CC2CCC1C2. The average Bonchev–Trinajstić information content (AvgIpc) is 3.15. The Morgan fingerprint density at radius 2 is 2.19 bits per heavy atom. The highest BCUT2D eigenvalue weighted by Crippen LogP contribution is 2.53. The van der Waals surface area contributed by atoms with Crippen LogP contribution in [0.25, 0.3) is 10.8 Å². The van der Waals surface area contributed by atoms with E-state index >= 15 is 0 Å². The molecule has 4 atom stereocenters. The fourth-order valence-electron chi connectivity index (χ4n) is 4.83. The summed E-state index contributed by atoms with van der Waals surface area (Å²) < 4.78 is 0. The van der Waals surface area contributed by atoms with E-state index < -0.39 is 0 Å². The molecule has 2 saturated carbocycles. The predicted octanol–water partition coefficient (Wildman–Crippen LogP) is 4.32. The fourth-order valence-corrected chi connectivity index (χ4v) is 4.83. The van der Waals surface area contributed by atoms with Crippen molar-refractivity contribution in [3.63, 3.8) is 0 Å². The highest BCUT2D eigenvalue weighted by atomic mass is 14.9. The van der Waals surface area contributed by atoms with Crippen LogP contribution in [0.4, 0.5) is 0 Å². The normalized spacial score (nSPS) is 29.1. The molecule has 2 bridgehead atoms. The topological polar surface area (TPSA) is 24.9 Å². The highest BCUT2D eigenvalue weighted by molar-refractivity contribution is 5.85. The van der Waals surface area contributed by atoms with Gasteiger partial charge in [-0.3, -0.25) is 4.98 Å². The van der Waals surface area contributed by atoms with Crippen molar-refractivity contribution < 1.29 is 0 Å². The van der Waals surface area contributed by atoms with Gasteiger partial charge in [0.25, 0.3) is 0 Å². The molecule has 1 aromatic carbocycles. The smallest absolute Gasteiger partial charge is 0.0357 e. The molecule has 2 aromatic rings. The third-order valence-corrected chi connectivity index (χ3v) is 5.69. The molecule has 0 saturated heterocycles. The first-order valence-corrected chi connectivity index (χ1v) is 8.43. The second kappa shape index (κ2) is 5.42. The lowest BCUT2D eigenvalue weighted by molar-refractivity contribution is 0.254. The number of pyridine rings is 1. The molecule has 2 fully saturated rings. The van der Waals surface area contributed by atoms with Crippen LogP contribution < -0.4 is 5.32 Å². The second-order valence-electron chi connectivity index (χ2n) is 6.82. The van der Waals surface area contributed by atoms with Crippen molar-refractivity contribution in [2.75, 3.05) is 6.54 Å². The van der Waals surface area contributed by atoms with Crippen LogP contribution in [-0.2, 0) is 0 Å². The van der Waals surface area contributed by atoms with Crippen LogP contribution in [0.5, 0.6) is 0 Å². The van der Waals surface area contributed by atoms with Crippen LogP contribution in [0.1, 0.15) is 44.2 Å². The summed E-state index contributed by atoms with van der Waals surface area (Å²) in [6, 6.07) is 9.38. The summed E-state index contributed by atoms with van der Waals surface area (Å²) in [4.78, 5) is 4.27. The van der Waals surface area contributed by atoms with Gasteiger partial charge in [-0.25, -0.2) is 0 Å². The minimum atomic E-state index is 0.511. The lowest BCUT2D eigenvalue weighted by Gasteiger charge is -2.32. The first-order chi connectivity index (χ1) is 10.4. The summed E-state index contributed by atoms with van der Waals surface area (Å²) in [5, 5.41) is 6.44. The summed E-state index contributed by atoms with van der Waals surface area (Å²) in [5.41, 5.74) is 1.48. The lowest BCUT2D eigenvalue weighted by Crippen LogP contribution is -2.31. The van der Waals surface area contributed by atoms with E-state index in [9.17, 15) is 0 Å². The molecule has 0 aliphatic heterocycles.